The van der Waals surface area contributed by atoms with Crippen LogP contribution in [-0.2, 0) is 18.4 Å². The molecule has 1 fully saturated rings. The molecular weight excluding hydrogens is 490 g/mol. The number of amides is 1. The van der Waals surface area contributed by atoms with E-state index in [1.165, 1.54) is 0 Å². The molecule has 10 heteroatoms. The quantitative estimate of drug-likeness (QED) is 0.373. The lowest BCUT2D eigenvalue weighted by Gasteiger charge is -2.35. The Morgan fingerprint density at radius 3 is 2.51 bits per heavy atom. The zero-order valence-corrected chi connectivity index (χ0v) is 23.1. The number of aryl methyl sites for hydroxylation is 4. The second-order valence-electron chi connectivity index (χ2n) is 10.3. The van der Waals surface area contributed by atoms with Crippen LogP contribution in [0, 0.1) is 20.8 Å². The summed E-state index contributed by atoms with van der Waals surface area (Å²) in [7, 11) is 1.97. The fraction of sp³-hybridized carbons (Fsp3) is 0.345. The monoisotopic (exact) mass is 523 g/mol. The van der Waals surface area contributed by atoms with Crippen LogP contribution < -0.4 is 10.2 Å². The van der Waals surface area contributed by atoms with E-state index >= 15 is 0 Å². The first-order valence-corrected chi connectivity index (χ1v) is 13.3. The highest BCUT2D eigenvalue weighted by molar-refractivity contribution is 5.91. The van der Waals surface area contributed by atoms with Gasteiger partial charge in [-0.2, -0.15) is 14.7 Å². The second kappa shape index (κ2) is 9.68. The number of pyridine rings is 1. The Kier molecular flexibility index (Phi) is 6.17. The van der Waals surface area contributed by atoms with Crippen molar-refractivity contribution in [3.63, 3.8) is 0 Å². The van der Waals surface area contributed by atoms with E-state index in [9.17, 15) is 4.79 Å². The van der Waals surface area contributed by atoms with Crippen LogP contribution in [0.5, 0.6) is 0 Å². The lowest BCUT2D eigenvalue weighted by Crippen LogP contribution is -2.48. The number of carbonyl (C=O) groups excluding carboxylic acids is 1. The van der Waals surface area contributed by atoms with E-state index in [0.29, 0.717) is 19.6 Å². The lowest BCUT2D eigenvalue weighted by molar-refractivity contribution is -0.129. The molecule has 0 unspecified atom stereocenters. The summed E-state index contributed by atoms with van der Waals surface area (Å²) in [4.78, 5) is 25.5. The molecule has 0 spiro atoms. The van der Waals surface area contributed by atoms with E-state index in [4.69, 9.17) is 10.1 Å². The molecule has 0 bridgehead atoms. The summed E-state index contributed by atoms with van der Waals surface area (Å²) in [6.07, 6.45) is 1.83. The molecule has 5 aromatic rings. The largest absolute Gasteiger partial charge is 0.366 e. The van der Waals surface area contributed by atoms with Crippen LogP contribution in [0.4, 0.5) is 11.6 Å². The van der Waals surface area contributed by atoms with Crippen molar-refractivity contribution < 1.29 is 4.79 Å². The standard InChI is InChI=1S/C29H33N9O/c1-18-14-22(8-9-30-18)17-31-26-16-27(37-12-10-36(11-13-37)21(4)39)32-29-28(20(3)34-38(26)29)23-6-7-25-24(15-23)19(2)33-35(25)5/h6-9,14-16,31H,10-13,17H2,1-5H3. The third-order valence-corrected chi connectivity index (χ3v) is 7.56. The molecule has 4 aromatic heterocycles. The number of nitrogens with one attached hydrogen (secondary N) is 1. The van der Waals surface area contributed by atoms with Gasteiger partial charge in [-0.3, -0.25) is 14.5 Å². The van der Waals surface area contributed by atoms with Gasteiger partial charge < -0.3 is 15.1 Å². The summed E-state index contributed by atoms with van der Waals surface area (Å²) >= 11 is 0. The molecule has 1 amide bonds. The summed E-state index contributed by atoms with van der Waals surface area (Å²) in [5, 5.41) is 14.3. The Hall–Kier alpha value is -4.47. The highest BCUT2D eigenvalue weighted by Gasteiger charge is 2.23. The summed E-state index contributed by atoms with van der Waals surface area (Å²) in [5.74, 6) is 1.85. The molecule has 0 saturated carbocycles. The van der Waals surface area contributed by atoms with E-state index in [1.54, 1.807) is 6.92 Å². The van der Waals surface area contributed by atoms with Gasteiger partial charge in [-0.05, 0) is 56.2 Å². The van der Waals surface area contributed by atoms with Crippen LogP contribution in [0.2, 0.25) is 0 Å². The first-order chi connectivity index (χ1) is 18.8. The van der Waals surface area contributed by atoms with Crippen molar-refractivity contribution in [3.05, 3.63) is 65.2 Å². The van der Waals surface area contributed by atoms with Crippen LogP contribution in [0.25, 0.3) is 27.7 Å². The van der Waals surface area contributed by atoms with Crippen molar-refractivity contribution in [2.75, 3.05) is 36.4 Å². The molecule has 10 nitrogen and oxygen atoms in total. The number of carbonyl (C=O) groups is 1. The van der Waals surface area contributed by atoms with Crippen molar-refractivity contribution >= 4 is 34.1 Å². The maximum absolute atomic E-state index is 11.9. The number of anilines is 2. The number of piperazine rings is 1. The third kappa shape index (κ3) is 4.56. The van der Waals surface area contributed by atoms with Crippen molar-refractivity contribution in [2.24, 2.45) is 7.05 Å². The predicted octanol–water partition coefficient (Wildman–Crippen LogP) is 3.88. The second-order valence-corrected chi connectivity index (χ2v) is 10.3. The molecule has 0 atom stereocenters. The van der Waals surface area contributed by atoms with Gasteiger partial charge in [-0.15, -0.1) is 0 Å². The molecule has 1 aromatic carbocycles. The molecule has 1 saturated heterocycles. The van der Waals surface area contributed by atoms with E-state index in [0.717, 1.165) is 75.0 Å². The van der Waals surface area contributed by atoms with Gasteiger partial charge in [-0.1, -0.05) is 6.07 Å². The van der Waals surface area contributed by atoms with Gasteiger partial charge in [0.05, 0.1) is 16.9 Å². The number of nitrogens with zero attached hydrogens (tertiary/aromatic N) is 8. The predicted molar refractivity (Wildman–Crippen MR) is 153 cm³/mol. The highest BCUT2D eigenvalue weighted by atomic mass is 16.2. The fourth-order valence-corrected chi connectivity index (χ4v) is 5.49. The minimum absolute atomic E-state index is 0.114. The van der Waals surface area contributed by atoms with Crippen molar-refractivity contribution in [2.45, 2.75) is 34.2 Å². The Morgan fingerprint density at radius 2 is 1.77 bits per heavy atom. The molecular formula is C29H33N9O. The van der Waals surface area contributed by atoms with Crippen LogP contribution in [0.3, 0.4) is 0 Å². The van der Waals surface area contributed by atoms with Gasteiger partial charge in [0.2, 0.25) is 5.91 Å². The SMILES string of the molecule is CC(=O)N1CCN(c2cc(NCc3ccnc(C)c3)n3nc(C)c(-c4ccc5c(c4)c(C)nn5C)c3n2)CC1. The Labute approximate surface area is 227 Å². The number of benzene rings is 1. The highest BCUT2D eigenvalue weighted by Crippen LogP contribution is 2.33. The molecule has 1 aliphatic rings. The minimum atomic E-state index is 0.114. The zero-order valence-electron chi connectivity index (χ0n) is 23.1. The lowest BCUT2D eigenvalue weighted by atomic mass is 10.0. The maximum atomic E-state index is 11.9. The van der Waals surface area contributed by atoms with Crippen LogP contribution in [0.1, 0.15) is 29.6 Å². The van der Waals surface area contributed by atoms with Crippen molar-refractivity contribution in [1.29, 1.82) is 0 Å². The third-order valence-electron chi connectivity index (χ3n) is 7.56. The van der Waals surface area contributed by atoms with Gasteiger partial charge in [0.1, 0.15) is 11.6 Å². The number of fused-ring (bicyclic) bond motifs is 2. The first kappa shape index (κ1) is 24.8. The van der Waals surface area contributed by atoms with E-state index in [-0.39, 0.29) is 5.91 Å². The smallest absolute Gasteiger partial charge is 0.219 e. The molecule has 0 aliphatic carbocycles. The summed E-state index contributed by atoms with van der Waals surface area (Å²) in [6, 6.07) is 12.6. The molecule has 39 heavy (non-hydrogen) atoms. The molecule has 1 N–H and O–H groups in total. The summed E-state index contributed by atoms with van der Waals surface area (Å²) in [5.41, 5.74) is 7.99. The Balaban J connectivity index is 1.45. The molecule has 5 heterocycles. The summed E-state index contributed by atoms with van der Waals surface area (Å²) in [6.45, 7) is 11.2. The normalized spacial score (nSPS) is 14.0. The first-order valence-electron chi connectivity index (χ1n) is 13.3. The van der Waals surface area contributed by atoms with E-state index < -0.39 is 0 Å². The fourth-order valence-electron chi connectivity index (χ4n) is 5.49. The van der Waals surface area contributed by atoms with Crippen molar-refractivity contribution in [1.82, 2.24) is 34.3 Å². The van der Waals surface area contributed by atoms with Crippen molar-refractivity contribution in [3.8, 4) is 11.1 Å². The van der Waals surface area contributed by atoms with E-state index in [1.807, 2.05) is 54.2 Å². The van der Waals surface area contributed by atoms with Gasteiger partial charge in [0, 0.05) is 75.6 Å². The Morgan fingerprint density at radius 1 is 0.974 bits per heavy atom. The summed E-state index contributed by atoms with van der Waals surface area (Å²) < 4.78 is 3.83. The van der Waals surface area contributed by atoms with Gasteiger partial charge in [0.15, 0.2) is 5.65 Å². The molecule has 1 aliphatic heterocycles. The average Bonchev–Trinajstić information content (AvgIpc) is 3.41. The average molecular weight is 524 g/mol. The van der Waals surface area contributed by atoms with Crippen LogP contribution in [-0.4, -0.2) is 66.3 Å². The minimum Gasteiger partial charge on any atom is -0.366 e. The number of rotatable bonds is 5. The van der Waals surface area contributed by atoms with Gasteiger partial charge >= 0.3 is 0 Å². The molecule has 0 radical (unpaired) electrons. The van der Waals surface area contributed by atoms with Gasteiger partial charge in [0.25, 0.3) is 0 Å². The molecule has 6 rings (SSSR count). The zero-order chi connectivity index (χ0) is 27.3. The maximum Gasteiger partial charge on any atom is 0.219 e. The van der Waals surface area contributed by atoms with Crippen LogP contribution in [0.15, 0.2) is 42.6 Å². The Bertz CT molecular complexity index is 1710. The topological polar surface area (TPSA) is 96.5 Å². The molecule has 200 valence electrons. The van der Waals surface area contributed by atoms with Gasteiger partial charge in [-0.25, -0.2) is 4.98 Å². The number of hydrogen-bond donors (Lipinski definition) is 1. The number of hydrogen-bond acceptors (Lipinski definition) is 7. The number of aromatic nitrogens is 6. The van der Waals surface area contributed by atoms with E-state index in [2.05, 4.69) is 50.6 Å². The van der Waals surface area contributed by atoms with Crippen LogP contribution >= 0.6 is 0 Å².